The molecule has 0 aromatic carbocycles. The number of aromatic nitrogens is 4. The van der Waals surface area contributed by atoms with Crippen molar-refractivity contribution in [3.63, 3.8) is 0 Å². The Morgan fingerprint density at radius 2 is 2.36 bits per heavy atom. The molecule has 74 valence electrons. The fraction of sp³-hybridized carbons (Fsp3) is 0.375. The van der Waals surface area contributed by atoms with Gasteiger partial charge in [0, 0.05) is 11.9 Å². The van der Waals surface area contributed by atoms with Crippen molar-refractivity contribution in [2.75, 3.05) is 12.5 Å². The second-order valence-corrected chi connectivity index (χ2v) is 3.07. The highest BCUT2D eigenvalue weighted by Gasteiger charge is 1.99. The molecule has 0 aliphatic rings. The van der Waals surface area contributed by atoms with Gasteiger partial charge < -0.3 is 4.74 Å². The van der Waals surface area contributed by atoms with Crippen molar-refractivity contribution in [3.8, 4) is 5.88 Å². The van der Waals surface area contributed by atoms with Crippen molar-refractivity contribution in [3.05, 3.63) is 18.5 Å². The highest BCUT2D eigenvalue weighted by Crippen LogP contribution is 2.06. The number of ether oxygens (including phenoxy) is 1. The summed E-state index contributed by atoms with van der Waals surface area (Å²) in [6.45, 7) is 0.574. The molecule has 14 heavy (non-hydrogen) atoms. The molecule has 0 unspecified atom stereocenters. The summed E-state index contributed by atoms with van der Waals surface area (Å²) in [5.41, 5.74) is 0.703. The lowest BCUT2D eigenvalue weighted by Crippen LogP contribution is -2.01. The minimum Gasteiger partial charge on any atom is -0.477 e. The average molecular weight is 213 g/mol. The van der Waals surface area contributed by atoms with Crippen LogP contribution < -0.4 is 4.74 Å². The summed E-state index contributed by atoms with van der Waals surface area (Å²) in [6.07, 6.45) is 2.34. The zero-order valence-corrected chi connectivity index (χ0v) is 8.18. The number of hydrogen-bond acceptors (Lipinski definition) is 4. The average Bonchev–Trinajstić information content (AvgIpc) is 2.65. The van der Waals surface area contributed by atoms with Gasteiger partial charge in [-0.2, -0.15) is 4.52 Å². The number of hydrogen-bond donors (Lipinski definition) is 0. The summed E-state index contributed by atoms with van der Waals surface area (Å²) in [7, 11) is 0. The Morgan fingerprint density at radius 3 is 3.21 bits per heavy atom. The summed E-state index contributed by atoms with van der Waals surface area (Å²) < 4.78 is 6.92. The van der Waals surface area contributed by atoms with Crippen molar-refractivity contribution >= 4 is 17.2 Å². The molecule has 0 atom stereocenters. The molecular weight excluding hydrogens is 204 g/mol. The lowest BCUT2D eigenvalue weighted by molar-refractivity contribution is 0.301. The van der Waals surface area contributed by atoms with Gasteiger partial charge in [-0.3, -0.25) is 0 Å². The van der Waals surface area contributed by atoms with Gasteiger partial charge in [-0.05, 0) is 12.5 Å². The second kappa shape index (κ2) is 4.23. The number of rotatable bonds is 4. The monoisotopic (exact) mass is 212 g/mol. The van der Waals surface area contributed by atoms with Crippen LogP contribution in [0.15, 0.2) is 18.5 Å². The van der Waals surface area contributed by atoms with Crippen molar-refractivity contribution in [2.24, 2.45) is 0 Å². The fourth-order valence-electron chi connectivity index (χ4n) is 1.02. The van der Waals surface area contributed by atoms with E-state index >= 15 is 0 Å². The van der Waals surface area contributed by atoms with Gasteiger partial charge >= 0.3 is 0 Å². The van der Waals surface area contributed by atoms with Crippen molar-refractivity contribution < 1.29 is 4.74 Å². The summed E-state index contributed by atoms with van der Waals surface area (Å²) >= 11 is 5.52. The first-order valence-electron chi connectivity index (χ1n) is 4.26. The van der Waals surface area contributed by atoms with Crippen molar-refractivity contribution in [1.29, 1.82) is 0 Å². The molecule has 2 aromatic rings. The quantitative estimate of drug-likeness (QED) is 0.563. The lowest BCUT2D eigenvalue weighted by atomic mass is 10.5. The van der Waals surface area contributed by atoms with Crippen LogP contribution in [0.3, 0.4) is 0 Å². The molecule has 0 radical (unpaired) electrons. The summed E-state index contributed by atoms with van der Waals surface area (Å²) in [6, 6.07) is 3.56. The highest BCUT2D eigenvalue weighted by molar-refractivity contribution is 6.17. The molecule has 2 heterocycles. The van der Waals surface area contributed by atoms with E-state index in [-0.39, 0.29) is 0 Å². The molecule has 6 heteroatoms. The summed E-state index contributed by atoms with van der Waals surface area (Å²) in [5.74, 6) is 1.15. The predicted octanol–water partition coefficient (Wildman–Crippen LogP) is 1.13. The zero-order valence-electron chi connectivity index (χ0n) is 7.43. The normalized spacial score (nSPS) is 10.6. The Hall–Kier alpha value is -1.36. The van der Waals surface area contributed by atoms with Crippen LogP contribution in [0.25, 0.3) is 5.65 Å². The standard InChI is InChI=1S/C8H9ClN4O/c9-4-1-5-14-8-3-2-7-11-10-6-13(7)12-8/h2-3,6H,1,4-5H2. The Bertz CT molecular complexity index is 416. The van der Waals surface area contributed by atoms with E-state index in [4.69, 9.17) is 16.3 Å². The first-order valence-corrected chi connectivity index (χ1v) is 4.79. The maximum Gasteiger partial charge on any atom is 0.231 e. The van der Waals surface area contributed by atoms with Crippen LogP contribution in [0.5, 0.6) is 5.88 Å². The van der Waals surface area contributed by atoms with E-state index in [0.717, 1.165) is 6.42 Å². The van der Waals surface area contributed by atoms with Gasteiger partial charge in [-0.15, -0.1) is 26.9 Å². The second-order valence-electron chi connectivity index (χ2n) is 2.70. The molecule has 0 saturated heterocycles. The minimum atomic E-state index is 0.558. The third kappa shape index (κ3) is 1.93. The fourth-order valence-corrected chi connectivity index (χ4v) is 1.13. The molecule has 0 fully saturated rings. The summed E-state index contributed by atoms with van der Waals surface area (Å²) in [5, 5.41) is 11.7. The van der Waals surface area contributed by atoms with Gasteiger partial charge in [-0.1, -0.05) is 0 Å². The smallest absolute Gasteiger partial charge is 0.231 e. The van der Waals surface area contributed by atoms with Gasteiger partial charge in [0.05, 0.1) is 6.61 Å². The first kappa shape index (κ1) is 9.21. The highest BCUT2D eigenvalue weighted by atomic mass is 35.5. The Kier molecular flexibility index (Phi) is 2.78. The zero-order chi connectivity index (χ0) is 9.80. The predicted molar refractivity (Wildman–Crippen MR) is 51.6 cm³/mol. The van der Waals surface area contributed by atoms with E-state index in [0.29, 0.717) is 24.0 Å². The molecule has 0 saturated carbocycles. The number of fused-ring (bicyclic) bond motifs is 1. The Morgan fingerprint density at radius 1 is 1.43 bits per heavy atom. The van der Waals surface area contributed by atoms with Crippen molar-refractivity contribution in [2.45, 2.75) is 6.42 Å². The van der Waals surface area contributed by atoms with Gasteiger partial charge in [0.25, 0.3) is 0 Å². The molecule has 0 amide bonds. The molecule has 5 nitrogen and oxygen atoms in total. The molecule has 0 N–H and O–H groups in total. The number of halogens is 1. The van der Waals surface area contributed by atoms with E-state index in [9.17, 15) is 0 Å². The van der Waals surface area contributed by atoms with Crippen LogP contribution >= 0.6 is 11.6 Å². The van der Waals surface area contributed by atoms with Crippen LogP contribution in [-0.4, -0.2) is 32.3 Å². The molecule has 0 spiro atoms. The number of nitrogens with zero attached hydrogens (tertiary/aromatic N) is 4. The minimum absolute atomic E-state index is 0.558. The van der Waals surface area contributed by atoms with E-state index in [1.165, 1.54) is 6.33 Å². The first-order chi connectivity index (χ1) is 6.90. The molecule has 0 aliphatic carbocycles. The van der Waals surface area contributed by atoms with Crippen LogP contribution in [0.4, 0.5) is 0 Å². The SMILES string of the molecule is ClCCCOc1ccc2nncn2n1. The largest absolute Gasteiger partial charge is 0.477 e. The van der Waals surface area contributed by atoms with Gasteiger partial charge in [-0.25, -0.2) is 0 Å². The molecule has 2 rings (SSSR count). The van der Waals surface area contributed by atoms with Crippen molar-refractivity contribution in [1.82, 2.24) is 19.8 Å². The van der Waals surface area contributed by atoms with Crippen LogP contribution in [0.2, 0.25) is 0 Å². The van der Waals surface area contributed by atoms with Crippen LogP contribution in [0, 0.1) is 0 Å². The lowest BCUT2D eigenvalue weighted by Gasteiger charge is -2.02. The Balaban J connectivity index is 2.10. The van der Waals surface area contributed by atoms with Gasteiger partial charge in [0.15, 0.2) is 5.65 Å². The molecular formula is C8H9ClN4O. The Labute approximate surface area is 85.7 Å². The van der Waals surface area contributed by atoms with Gasteiger partial charge in [0.1, 0.15) is 6.33 Å². The third-order valence-corrected chi connectivity index (χ3v) is 1.93. The maximum atomic E-state index is 5.52. The van der Waals surface area contributed by atoms with E-state index in [2.05, 4.69) is 15.3 Å². The van der Waals surface area contributed by atoms with E-state index in [1.54, 1.807) is 16.6 Å². The van der Waals surface area contributed by atoms with E-state index < -0.39 is 0 Å². The third-order valence-electron chi connectivity index (χ3n) is 1.67. The molecule has 2 aromatic heterocycles. The molecule has 0 aliphatic heterocycles. The maximum absolute atomic E-state index is 5.52. The van der Waals surface area contributed by atoms with Crippen LogP contribution in [-0.2, 0) is 0 Å². The topological polar surface area (TPSA) is 52.3 Å². The van der Waals surface area contributed by atoms with Crippen LogP contribution in [0.1, 0.15) is 6.42 Å². The number of alkyl halides is 1. The summed E-state index contributed by atoms with van der Waals surface area (Å²) in [4.78, 5) is 0. The van der Waals surface area contributed by atoms with E-state index in [1.807, 2.05) is 0 Å². The van der Waals surface area contributed by atoms with Gasteiger partial charge in [0.2, 0.25) is 5.88 Å². The molecule has 0 bridgehead atoms.